The van der Waals surface area contributed by atoms with Crippen molar-refractivity contribution in [2.45, 2.75) is 17.1 Å². The Hall–Kier alpha value is -1.47. The molecule has 7 heteroatoms. The summed E-state index contributed by atoms with van der Waals surface area (Å²) in [5.41, 5.74) is -0.0236. The normalized spacial score (nSPS) is 15.2. The molecule has 0 aliphatic carbocycles. The van der Waals surface area contributed by atoms with Crippen molar-refractivity contribution in [2.24, 2.45) is 0 Å². The number of thioether (sulfide) groups is 1. The molecule has 0 saturated carbocycles. The number of hydrogen-bond donors (Lipinski definition) is 1. The van der Waals surface area contributed by atoms with Crippen LogP contribution in [0.1, 0.15) is 6.92 Å². The molecule has 0 saturated heterocycles. The minimum atomic E-state index is -0.454. The van der Waals surface area contributed by atoms with Gasteiger partial charge in [-0.2, -0.15) is 0 Å². The Labute approximate surface area is 108 Å². The molecule has 6 nitrogen and oxygen atoms in total. The number of hydrogen-bond acceptors (Lipinski definition) is 6. The highest BCUT2D eigenvalue weighted by Crippen LogP contribution is 2.41. The molecular formula is C11H13NO5S. The molecule has 1 aromatic rings. The molecule has 0 spiro atoms. The molecule has 0 fully saturated rings. The summed E-state index contributed by atoms with van der Waals surface area (Å²) < 4.78 is 10.7. The summed E-state index contributed by atoms with van der Waals surface area (Å²) in [7, 11) is 0. The quantitative estimate of drug-likeness (QED) is 0.511. The molecule has 1 unspecified atom stereocenters. The fraction of sp³-hybridized carbons (Fsp3) is 0.455. The van der Waals surface area contributed by atoms with Crippen LogP contribution in [-0.2, 0) is 0 Å². The number of aliphatic hydroxyl groups is 1. The monoisotopic (exact) mass is 271 g/mol. The zero-order chi connectivity index (χ0) is 13.1. The molecule has 98 valence electrons. The summed E-state index contributed by atoms with van der Waals surface area (Å²) in [6.45, 7) is 2.58. The number of benzene rings is 1. The zero-order valence-electron chi connectivity index (χ0n) is 9.79. The summed E-state index contributed by atoms with van der Waals surface area (Å²) in [5.74, 6) is 0.911. The van der Waals surface area contributed by atoms with Crippen LogP contribution in [0, 0.1) is 10.1 Å². The van der Waals surface area contributed by atoms with Gasteiger partial charge in [0.2, 0.25) is 0 Å². The van der Waals surface area contributed by atoms with Crippen molar-refractivity contribution < 1.29 is 19.5 Å². The SMILES string of the molecule is CC(CO)Sc1cc2c(cc1[N+](=O)[O-])OCCO2. The van der Waals surface area contributed by atoms with E-state index in [1.807, 2.05) is 0 Å². The van der Waals surface area contributed by atoms with Crippen LogP contribution in [0.5, 0.6) is 11.5 Å². The van der Waals surface area contributed by atoms with Crippen LogP contribution >= 0.6 is 11.8 Å². The zero-order valence-corrected chi connectivity index (χ0v) is 10.6. The third-order valence-electron chi connectivity index (χ3n) is 2.41. The first kappa shape index (κ1) is 13.0. The first-order chi connectivity index (χ1) is 8.61. The highest BCUT2D eigenvalue weighted by molar-refractivity contribution is 8.00. The van der Waals surface area contributed by atoms with Crippen LogP contribution in [0.2, 0.25) is 0 Å². The van der Waals surface area contributed by atoms with Crippen molar-refractivity contribution in [2.75, 3.05) is 19.8 Å². The number of aliphatic hydroxyl groups excluding tert-OH is 1. The number of fused-ring (bicyclic) bond motifs is 1. The lowest BCUT2D eigenvalue weighted by Crippen LogP contribution is -2.15. The first-order valence-corrected chi connectivity index (χ1v) is 6.35. The lowest BCUT2D eigenvalue weighted by atomic mass is 10.2. The fourth-order valence-electron chi connectivity index (χ4n) is 1.55. The van der Waals surface area contributed by atoms with E-state index < -0.39 is 4.92 Å². The van der Waals surface area contributed by atoms with Crippen molar-refractivity contribution in [3.05, 3.63) is 22.2 Å². The van der Waals surface area contributed by atoms with E-state index >= 15 is 0 Å². The summed E-state index contributed by atoms with van der Waals surface area (Å²) in [6, 6.07) is 2.98. The molecule has 0 aromatic heterocycles. The van der Waals surface area contributed by atoms with Gasteiger partial charge in [-0.05, 0) is 0 Å². The molecule has 0 amide bonds. The summed E-state index contributed by atoms with van der Waals surface area (Å²) in [4.78, 5) is 11.0. The third-order valence-corrected chi connectivity index (χ3v) is 3.54. The molecule has 1 heterocycles. The predicted octanol–water partition coefficient (Wildman–Crippen LogP) is 1.84. The van der Waals surface area contributed by atoms with Crippen molar-refractivity contribution >= 4 is 17.4 Å². The van der Waals surface area contributed by atoms with Gasteiger partial charge in [0.05, 0.1) is 22.5 Å². The molecule has 1 aliphatic rings. The molecule has 0 radical (unpaired) electrons. The average Bonchev–Trinajstić information content (AvgIpc) is 2.37. The minimum absolute atomic E-state index is 0.0236. The van der Waals surface area contributed by atoms with Gasteiger partial charge in [-0.3, -0.25) is 10.1 Å². The van der Waals surface area contributed by atoms with Gasteiger partial charge in [0.1, 0.15) is 13.2 Å². The summed E-state index contributed by atoms with van der Waals surface area (Å²) in [6.07, 6.45) is 0. The summed E-state index contributed by atoms with van der Waals surface area (Å²) >= 11 is 1.24. The van der Waals surface area contributed by atoms with Gasteiger partial charge in [-0.15, -0.1) is 11.8 Å². The molecular weight excluding hydrogens is 258 g/mol. The van der Waals surface area contributed by atoms with E-state index in [4.69, 9.17) is 14.6 Å². The van der Waals surface area contributed by atoms with Crippen molar-refractivity contribution in [1.29, 1.82) is 0 Å². The van der Waals surface area contributed by atoms with Gasteiger partial charge in [0.25, 0.3) is 5.69 Å². The standard InChI is InChI=1S/C11H13NO5S/c1-7(6-13)18-11-5-10-9(16-2-3-17-10)4-8(11)12(14)15/h4-5,7,13H,2-3,6H2,1H3. The molecule has 0 bridgehead atoms. The first-order valence-electron chi connectivity index (χ1n) is 5.47. The van der Waals surface area contributed by atoms with E-state index in [1.54, 1.807) is 13.0 Å². The van der Waals surface area contributed by atoms with Crippen LogP contribution in [0.15, 0.2) is 17.0 Å². The number of nitro groups is 1. The van der Waals surface area contributed by atoms with Crippen LogP contribution < -0.4 is 9.47 Å². The summed E-state index contributed by atoms with van der Waals surface area (Å²) in [5, 5.41) is 19.9. The van der Waals surface area contributed by atoms with E-state index in [9.17, 15) is 10.1 Å². The largest absolute Gasteiger partial charge is 0.486 e. The maximum Gasteiger partial charge on any atom is 0.286 e. The fourth-order valence-corrected chi connectivity index (χ4v) is 2.49. The second-order valence-electron chi connectivity index (χ2n) is 3.83. The second-order valence-corrected chi connectivity index (χ2v) is 5.31. The number of rotatable bonds is 4. The number of ether oxygens (including phenoxy) is 2. The van der Waals surface area contributed by atoms with Crippen LogP contribution in [0.4, 0.5) is 5.69 Å². The highest BCUT2D eigenvalue weighted by atomic mass is 32.2. The van der Waals surface area contributed by atoms with Gasteiger partial charge in [0.15, 0.2) is 11.5 Å². The van der Waals surface area contributed by atoms with E-state index in [-0.39, 0.29) is 17.5 Å². The van der Waals surface area contributed by atoms with Crippen molar-refractivity contribution in [1.82, 2.24) is 0 Å². The van der Waals surface area contributed by atoms with E-state index in [0.29, 0.717) is 29.6 Å². The van der Waals surface area contributed by atoms with E-state index in [1.165, 1.54) is 17.8 Å². The second kappa shape index (κ2) is 5.45. The van der Waals surface area contributed by atoms with Gasteiger partial charge >= 0.3 is 0 Å². The molecule has 2 rings (SSSR count). The lowest BCUT2D eigenvalue weighted by molar-refractivity contribution is -0.387. The van der Waals surface area contributed by atoms with Crippen molar-refractivity contribution in [3.8, 4) is 11.5 Å². The predicted molar refractivity (Wildman–Crippen MR) is 66.5 cm³/mol. The number of nitrogens with zero attached hydrogens (tertiary/aromatic N) is 1. The van der Waals surface area contributed by atoms with Gasteiger partial charge in [-0.1, -0.05) is 6.92 Å². The van der Waals surface area contributed by atoms with Gasteiger partial charge in [0, 0.05) is 11.3 Å². The molecule has 1 N–H and O–H groups in total. The van der Waals surface area contributed by atoms with E-state index in [0.717, 1.165) is 0 Å². The highest BCUT2D eigenvalue weighted by Gasteiger charge is 2.23. The van der Waals surface area contributed by atoms with Crippen molar-refractivity contribution in [3.63, 3.8) is 0 Å². The van der Waals surface area contributed by atoms with Crippen LogP contribution in [0.3, 0.4) is 0 Å². The molecule has 1 aromatic carbocycles. The topological polar surface area (TPSA) is 81.8 Å². The Morgan fingerprint density at radius 2 is 2.06 bits per heavy atom. The molecule has 1 aliphatic heterocycles. The molecule has 1 atom stereocenters. The van der Waals surface area contributed by atoms with Crippen LogP contribution in [-0.4, -0.2) is 35.1 Å². The van der Waals surface area contributed by atoms with Gasteiger partial charge in [-0.25, -0.2) is 0 Å². The maximum atomic E-state index is 11.0. The van der Waals surface area contributed by atoms with Crippen LogP contribution in [0.25, 0.3) is 0 Å². The maximum absolute atomic E-state index is 11.0. The van der Waals surface area contributed by atoms with Gasteiger partial charge < -0.3 is 14.6 Å². The minimum Gasteiger partial charge on any atom is -0.486 e. The Balaban J connectivity index is 2.39. The average molecular weight is 271 g/mol. The number of nitro benzene ring substituents is 1. The Morgan fingerprint density at radius 1 is 1.44 bits per heavy atom. The lowest BCUT2D eigenvalue weighted by Gasteiger charge is -2.19. The Morgan fingerprint density at radius 3 is 2.61 bits per heavy atom. The molecule has 18 heavy (non-hydrogen) atoms. The smallest absolute Gasteiger partial charge is 0.286 e. The Kier molecular flexibility index (Phi) is 3.93. The Bertz CT molecular complexity index is 465. The van der Waals surface area contributed by atoms with E-state index in [2.05, 4.69) is 0 Å². The third kappa shape index (κ3) is 2.68.